The van der Waals surface area contributed by atoms with Crippen LogP contribution in [0.5, 0.6) is 0 Å². The van der Waals surface area contributed by atoms with Crippen LogP contribution >= 0.6 is 11.8 Å². The zero-order valence-electron chi connectivity index (χ0n) is 10.8. The summed E-state index contributed by atoms with van der Waals surface area (Å²) < 4.78 is 22.4. The van der Waals surface area contributed by atoms with Gasteiger partial charge in [0.1, 0.15) is 12.4 Å². The van der Waals surface area contributed by atoms with Gasteiger partial charge in [-0.25, -0.2) is 4.39 Å². The van der Waals surface area contributed by atoms with Crippen LogP contribution in [0.4, 0.5) is 4.39 Å². The van der Waals surface area contributed by atoms with Crippen LogP contribution in [-0.4, -0.2) is 29.6 Å². The largest absolute Gasteiger partial charge is 0.377 e. The van der Waals surface area contributed by atoms with Gasteiger partial charge in [-0.15, -0.1) is 11.8 Å². The number of ketones is 1. The fraction of sp³-hybridized carbons (Fsp3) is 0.308. The molecule has 1 aromatic carbocycles. The van der Waals surface area contributed by atoms with Crippen molar-refractivity contribution in [1.29, 1.82) is 0 Å². The molecule has 2 rings (SSSR count). The Morgan fingerprint density at radius 2 is 2.15 bits per heavy atom. The van der Waals surface area contributed by atoms with E-state index in [0.717, 1.165) is 4.90 Å². The van der Waals surface area contributed by atoms with Gasteiger partial charge in [-0.2, -0.15) is 4.98 Å². The molecule has 0 atom stereocenters. The normalized spacial score (nSPS) is 10.7. The Kier molecular flexibility index (Phi) is 5.25. The molecule has 7 heteroatoms. The molecule has 0 aliphatic heterocycles. The molecule has 0 saturated carbocycles. The lowest BCUT2D eigenvalue weighted by Gasteiger charge is -1.97. The Hall–Kier alpha value is -1.73. The van der Waals surface area contributed by atoms with E-state index >= 15 is 0 Å². The van der Waals surface area contributed by atoms with Crippen molar-refractivity contribution in [1.82, 2.24) is 10.1 Å². The molecular weight excluding hydrogens is 283 g/mol. The molecule has 0 unspecified atom stereocenters. The van der Waals surface area contributed by atoms with Crippen molar-refractivity contribution < 1.29 is 18.4 Å². The molecule has 1 aromatic heterocycles. The van der Waals surface area contributed by atoms with E-state index in [0.29, 0.717) is 11.6 Å². The molecule has 0 radical (unpaired) electrons. The number of hydrogen-bond acceptors (Lipinski definition) is 6. The molecule has 0 aliphatic carbocycles. The summed E-state index contributed by atoms with van der Waals surface area (Å²) in [4.78, 5) is 16.4. The van der Waals surface area contributed by atoms with Gasteiger partial charge in [0.25, 0.3) is 0 Å². The lowest BCUT2D eigenvalue weighted by atomic mass is 10.3. The van der Waals surface area contributed by atoms with Crippen molar-refractivity contribution >= 4 is 17.5 Å². The number of thioether (sulfide) groups is 1. The van der Waals surface area contributed by atoms with Crippen molar-refractivity contribution in [3.8, 4) is 0 Å². The van der Waals surface area contributed by atoms with Crippen LogP contribution in [0.3, 0.4) is 0 Å². The second kappa shape index (κ2) is 7.16. The third-order valence-corrected chi connectivity index (χ3v) is 3.35. The standard InChI is InChI=1S/C13H13FN2O3S/c1-18-7-10(17)6-13-15-12(16-19-13)8-20-11-4-2-9(14)3-5-11/h2-5H,6-8H2,1H3. The van der Waals surface area contributed by atoms with Crippen molar-refractivity contribution in [2.75, 3.05) is 13.7 Å². The fourth-order valence-corrected chi connectivity index (χ4v) is 2.22. The highest BCUT2D eigenvalue weighted by molar-refractivity contribution is 7.98. The Bertz CT molecular complexity index is 571. The first kappa shape index (κ1) is 14.7. The number of Topliss-reactive ketones (excluding diaryl/α,β-unsaturated/α-hetero) is 1. The zero-order valence-corrected chi connectivity index (χ0v) is 11.7. The van der Waals surface area contributed by atoms with Gasteiger partial charge in [0.15, 0.2) is 11.6 Å². The average molecular weight is 296 g/mol. The van der Waals surface area contributed by atoms with Gasteiger partial charge >= 0.3 is 0 Å². The molecule has 1 heterocycles. The highest BCUT2D eigenvalue weighted by Gasteiger charge is 2.11. The van der Waals surface area contributed by atoms with E-state index in [1.54, 1.807) is 12.1 Å². The van der Waals surface area contributed by atoms with E-state index in [4.69, 9.17) is 9.26 Å². The summed E-state index contributed by atoms with van der Waals surface area (Å²) in [5.74, 6) is 0.885. The minimum Gasteiger partial charge on any atom is -0.377 e. The first-order valence-electron chi connectivity index (χ1n) is 5.88. The highest BCUT2D eigenvalue weighted by Crippen LogP contribution is 2.21. The molecule has 0 bridgehead atoms. The number of halogens is 1. The topological polar surface area (TPSA) is 65.2 Å². The maximum atomic E-state index is 12.7. The van der Waals surface area contributed by atoms with Gasteiger partial charge in [-0.3, -0.25) is 4.79 Å². The van der Waals surface area contributed by atoms with E-state index < -0.39 is 0 Å². The number of carbonyl (C=O) groups excluding carboxylic acids is 1. The molecule has 0 saturated heterocycles. The van der Waals surface area contributed by atoms with Crippen LogP contribution in [0, 0.1) is 5.82 Å². The molecule has 106 valence electrons. The number of aromatic nitrogens is 2. The first-order valence-corrected chi connectivity index (χ1v) is 6.86. The predicted molar refractivity (Wildman–Crippen MR) is 70.8 cm³/mol. The Labute approximate surface area is 119 Å². The van der Waals surface area contributed by atoms with Gasteiger partial charge in [-0.05, 0) is 24.3 Å². The number of nitrogens with zero attached hydrogens (tertiary/aromatic N) is 2. The SMILES string of the molecule is COCC(=O)Cc1nc(CSc2ccc(F)cc2)no1. The smallest absolute Gasteiger partial charge is 0.234 e. The molecule has 0 N–H and O–H groups in total. The fourth-order valence-electron chi connectivity index (χ4n) is 1.48. The van der Waals surface area contributed by atoms with Crippen LogP contribution in [0.1, 0.15) is 11.7 Å². The zero-order chi connectivity index (χ0) is 14.4. The van der Waals surface area contributed by atoms with Crippen LogP contribution in [0.2, 0.25) is 0 Å². The summed E-state index contributed by atoms with van der Waals surface area (Å²) in [7, 11) is 1.45. The maximum Gasteiger partial charge on any atom is 0.234 e. The van der Waals surface area contributed by atoms with E-state index in [2.05, 4.69) is 10.1 Å². The first-order chi connectivity index (χ1) is 9.67. The number of hydrogen-bond donors (Lipinski definition) is 0. The quantitative estimate of drug-likeness (QED) is 0.730. The maximum absolute atomic E-state index is 12.7. The second-order valence-corrected chi connectivity index (χ2v) is 5.04. The summed E-state index contributed by atoms with van der Waals surface area (Å²) in [6.07, 6.45) is 0.0715. The minimum atomic E-state index is -0.271. The summed E-state index contributed by atoms with van der Waals surface area (Å²) in [5, 5.41) is 3.79. The van der Waals surface area contributed by atoms with E-state index in [1.807, 2.05) is 0 Å². The number of carbonyl (C=O) groups is 1. The summed E-state index contributed by atoms with van der Waals surface area (Å²) in [5.41, 5.74) is 0. The molecule has 0 fully saturated rings. The lowest BCUT2D eigenvalue weighted by molar-refractivity contribution is -0.122. The Morgan fingerprint density at radius 1 is 1.40 bits per heavy atom. The molecule has 0 aliphatic rings. The molecule has 0 spiro atoms. The summed E-state index contributed by atoms with van der Waals surface area (Å²) >= 11 is 1.46. The van der Waals surface area contributed by atoms with Crippen LogP contribution < -0.4 is 0 Å². The molecule has 2 aromatic rings. The number of benzene rings is 1. The Morgan fingerprint density at radius 3 is 2.85 bits per heavy atom. The van der Waals surface area contributed by atoms with Crippen LogP contribution in [0.25, 0.3) is 0 Å². The molecular formula is C13H13FN2O3S. The van der Waals surface area contributed by atoms with Gasteiger partial charge in [-0.1, -0.05) is 5.16 Å². The average Bonchev–Trinajstić information content (AvgIpc) is 2.86. The summed E-state index contributed by atoms with van der Waals surface area (Å²) in [6, 6.07) is 6.16. The van der Waals surface area contributed by atoms with E-state index in [9.17, 15) is 9.18 Å². The second-order valence-electron chi connectivity index (χ2n) is 4.00. The highest BCUT2D eigenvalue weighted by atomic mass is 32.2. The minimum absolute atomic E-state index is 0.0298. The molecule has 5 nitrogen and oxygen atoms in total. The predicted octanol–water partition coefficient (Wildman–Crippen LogP) is 2.26. The lowest BCUT2D eigenvalue weighted by Crippen LogP contribution is -2.09. The van der Waals surface area contributed by atoms with Gasteiger partial charge in [0, 0.05) is 12.0 Å². The third-order valence-electron chi connectivity index (χ3n) is 2.35. The van der Waals surface area contributed by atoms with Crippen LogP contribution in [-0.2, 0) is 21.7 Å². The summed E-state index contributed by atoms with van der Waals surface area (Å²) in [6.45, 7) is 0.0298. The van der Waals surface area contributed by atoms with Crippen molar-refractivity contribution in [2.45, 2.75) is 17.1 Å². The van der Waals surface area contributed by atoms with E-state index in [1.165, 1.54) is 31.0 Å². The number of rotatable bonds is 7. The van der Waals surface area contributed by atoms with Gasteiger partial charge in [0.2, 0.25) is 5.89 Å². The van der Waals surface area contributed by atoms with Crippen molar-refractivity contribution in [2.24, 2.45) is 0 Å². The number of ether oxygens (including phenoxy) is 1. The monoisotopic (exact) mass is 296 g/mol. The number of methoxy groups -OCH3 is 1. The Balaban J connectivity index is 1.86. The van der Waals surface area contributed by atoms with Crippen molar-refractivity contribution in [3.63, 3.8) is 0 Å². The van der Waals surface area contributed by atoms with E-state index in [-0.39, 0.29) is 30.5 Å². The van der Waals surface area contributed by atoms with Crippen LogP contribution in [0.15, 0.2) is 33.7 Å². The van der Waals surface area contributed by atoms with Gasteiger partial charge in [0.05, 0.1) is 12.2 Å². The van der Waals surface area contributed by atoms with Gasteiger partial charge < -0.3 is 9.26 Å². The molecule has 20 heavy (non-hydrogen) atoms. The third kappa shape index (κ3) is 4.43. The molecule has 0 amide bonds. The van der Waals surface area contributed by atoms with Crippen molar-refractivity contribution in [3.05, 3.63) is 41.8 Å².